The van der Waals surface area contributed by atoms with Crippen LogP contribution in [0.3, 0.4) is 0 Å². The molecule has 0 aromatic rings. The molecule has 0 spiro atoms. The van der Waals surface area contributed by atoms with E-state index in [1.165, 1.54) is 0 Å². The molecule has 0 fully saturated rings. The number of carboxylic acid groups (broad SMARTS) is 1. The number of carboxylic acids is 1. The molecule has 0 heterocycles. The van der Waals surface area contributed by atoms with Crippen LogP contribution in [0.5, 0.6) is 0 Å². The first-order valence-corrected chi connectivity index (χ1v) is 4.85. The third-order valence-electron chi connectivity index (χ3n) is 1.94. The molecule has 0 rings (SSSR count). The standard InChI is InChI=1S/C8H16O6S/c9-2-8(3-10,4-11)5-14-7(15)1-6(12)13/h7,9-11,15H,1-5H2,(H,12,13). The van der Waals surface area contributed by atoms with Crippen LogP contribution in [0, 0.1) is 5.41 Å². The molecule has 0 aromatic heterocycles. The molecule has 0 radical (unpaired) electrons. The van der Waals surface area contributed by atoms with Gasteiger partial charge in [0.2, 0.25) is 0 Å². The van der Waals surface area contributed by atoms with E-state index in [1.54, 1.807) is 0 Å². The zero-order chi connectivity index (χ0) is 11.9. The van der Waals surface area contributed by atoms with Crippen LogP contribution in [-0.4, -0.2) is 58.3 Å². The third-order valence-corrected chi connectivity index (χ3v) is 2.27. The highest BCUT2D eigenvalue weighted by Gasteiger charge is 2.29. The fourth-order valence-electron chi connectivity index (χ4n) is 0.768. The van der Waals surface area contributed by atoms with E-state index in [2.05, 4.69) is 12.6 Å². The highest BCUT2D eigenvalue weighted by atomic mass is 32.1. The first-order valence-electron chi connectivity index (χ1n) is 4.34. The fraction of sp³-hybridized carbons (Fsp3) is 0.875. The summed E-state index contributed by atoms with van der Waals surface area (Å²) in [5.41, 5.74) is -1.98. The van der Waals surface area contributed by atoms with E-state index in [9.17, 15) is 4.79 Å². The van der Waals surface area contributed by atoms with Crippen molar-refractivity contribution in [3.8, 4) is 0 Å². The number of ether oxygens (including phenoxy) is 1. The Balaban J connectivity index is 4.04. The molecule has 0 aromatic carbocycles. The Hall–Kier alpha value is -0.340. The topological polar surface area (TPSA) is 107 Å². The lowest BCUT2D eigenvalue weighted by atomic mass is 9.93. The van der Waals surface area contributed by atoms with Crippen LogP contribution in [0.25, 0.3) is 0 Å². The summed E-state index contributed by atoms with van der Waals surface area (Å²) < 4.78 is 4.99. The second-order valence-electron chi connectivity index (χ2n) is 3.34. The van der Waals surface area contributed by atoms with Crippen LogP contribution < -0.4 is 0 Å². The van der Waals surface area contributed by atoms with Gasteiger partial charge in [0, 0.05) is 0 Å². The number of hydrogen-bond donors (Lipinski definition) is 5. The van der Waals surface area contributed by atoms with Gasteiger partial charge in [-0.05, 0) is 0 Å². The van der Waals surface area contributed by atoms with Gasteiger partial charge in [0.05, 0.1) is 38.3 Å². The summed E-state index contributed by atoms with van der Waals surface area (Å²) >= 11 is 3.85. The van der Waals surface area contributed by atoms with E-state index < -0.39 is 36.6 Å². The molecular weight excluding hydrogens is 224 g/mol. The Morgan fingerprint density at radius 2 is 1.73 bits per heavy atom. The summed E-state index contributed by atoms with van der Waals surface area (Å²) in [5, 5.41) is 35.2. The zero-order valence-electron chi connectivity index (χ0n) is 8.17. The molecule has 7 heteroatoms. The minimum Gasteiger partial charge on any atom is -0.481 e. The van der Waals surface area contributed by atoms with Crippen molar-refractivity contribution < 1.29 is 30.0 Å². The molecule has 0 amide bonds. The van der Waals surface area contributed by atoms with E-state index >= 15 is 0 Å². The van der Waals surface area contributed by atoms with Crippen molar-refractivity contribution >= 4 is 18.6 Å². The molecule has 0 aliphatic rings. The summed E-state index contributed by atoms with van der Waals surface area (Å²) in [6, 6.07) is 0. The Kier molecular flexibility index (Phi) is 6.86. The molecule has 4 N–H and O–H groups in total. The molecule has 6 nitrogen and oxygen atoms in total. The molecular formula is C8H16O6S. The largest absolute Gasteiger partial charge is 0.481 e. The van der Waals surface area contributed by atoms with Gasteiger partial charge in [-0.25, -0.2) is 0 Å². The van der Waals surface area contributed by atoms with Crippen LogP contribution in [0.1, 0.15) is 6.42 Å². The number of rotatable bonds is 8. The number of carbonyl (C=O) groups is 1. The lowest BCUT2D eigenvalue weighted by Gasteiger charge is -2.28. The normalized spacial score (nSPS) is 13.9. The Bertz CT molecular complexity index is 185. The third kappa shape index (κ3) is 5.33. The smallest absolute Gasteiger partial charge is 0.306 e. The number of aliphatic carboxylic acids is 1. The molecule has 90 valence electrons. The van der Waals surface area contributed by atoms with Gasteiger partial charge in [-0.1, -0.05) is 0 Å². The molecule has 0 bridgehead atoms. The second kappa shape index (κ2) is 7.02. The van der Waals surface area contributed by atoms with Gasteiger partial charge in [-0.2, -0.15) is 0 Å². The summed E-state index contributed by atoms with van der Waals surface area (Å²) in [4.78, 5) is 10.3. The quantitative estimate of drug-likeness (QED) is 0.266. The Labute approximate surface area is 92.9 Å². The summed E-state index contributed by atoms with van der Waals surface area (Å²) in [6.45, 7) is -1.51. The molecule has 0 saturated heterocycles. The van der Waals surface area contributed by atoms with Crippen LogP contribution in [0.15, 0.2) is 0 Å². The first-order chi connectivity index (χ1) is 6.99. The van der Waals surface area contributed by atoms with Crippen LogP contribution in [-0.2, 0) is 9.53 Å². The highest BCUT2D eigenvalue weighted by Crippen LogP contribution is 2.17. The fourth-order valence-corrected chi connectivity index (χ4v) is 0.999. The van der Waals surface area contributed by atoms with Crippen molar-refractivity contribution in [3.05, 3.63) is 0 Å². The minimum absolute atomic E-state index is 0.155. The average molecular weight is 240 g/mol. The van der Waals surface area contributed by atoms with Crippen LogP contribution >= 0.6 is 12.6 Å². The lowest BCUT2D eigenvalue weighted by molar-refractivity contribution is -0.139. The maximum Gasteiger partial charge on any atom is 0.306 e. The van der Waals surface area contributed by atoms with Gasteiger partial charge in [0.1, 0.15) is 5.44 Å². The molecule has 0 aliphatic heterocycles. The number of hydrogen-bond acceptors (Lipinski definition) is 6. The van der Waals surface area contributed by atoms with Crippen molar-refractivity contribution in [2.75, 3.05) is 26.4 Å². The summed E-state index contributed by atoms with van der Waals surface area (Å²) in [6.07, 6.45) is -0.290. The van der Waals surface area contributed by atoms with Gasteiger partial charge in [-0.15, -0.1) is 12.6 Å². The number of aliphatic hydroxyl groups excluding tert-OH is 3. The zero-order valence-corrected chi connectivity index (χ0v) is 9.06. The average Bonchev–Trinajstić information content (AvgIpc) is 2.20. The second-order valence-corrected chi connectivity index (χ2v) is 3.91. The predicted octanol–water partition coefficient (Wildman–Crippen LogP) is -1.30. The summed E-state index contributed by atoms with van der Waals surface area (Å²) in [5.74, 6) is -1.06. The maximum atomic E-state index is 10.3. The molecule has 1 atom stereocenters. The SMILES string of the molecule is O=C(O)CC(S)OCC(CO)(CO)CO. The summed E-state index contributed by atoms with van der Waals surface area (Å²) in [7, 11) is 0. The molecule has 1 unspecified atom stereocenters. The van der Waals surface area contributed by atoms with Crippen LogP contribution in [0.4, 0.5) is 0 Å². The van der Waals surface area contributed by atoms with Gasteiger partial charge < -0.3 is 25.2 Å². The van der Waals surface area contributed by atoms with Crippen molar-refractivity contribution in [1.82, 2.24) is 0 Å². The number of thiol groups is 1. The predicted molar refractivity (Wildman–Crippen MR) is 54.7 cm³/mol. The lowest BCUT2D eigenvalue weighted by Crippen LogP contribution is -2.39. The maximum absolute atomic E-state index is 10.3. The van der Waals surface area contributed by atoms with Gasteiger partial charge in [0.15, 0.2) is 0 Å². The van der Waals surface area contributed by atoms with Crippen molar-refractivity contribution in [2.24, 2.45) is 5.41 Å². The minimum atomic E-state index is -1.15. The van der Waals surface area contributed by atoms with Gasteiger partial charge in [-0.3, -0.25) is 4.79 Å². The first kappa shape index (κ1) is 14.7. The Morgan fingerprint density at radius 1 is 1.27 bits per heavy atom. The van der Waals surface area contributed by atoms with Gasteiger partial charge in [0.25, 0.3) is 0 Å². The van der Waals surface area contributed by atoms with E-state index in [0.29, 0.717) is 0 Å². The highest BCUT2D eigenvalue weighted by molar-refractivity contribution is 7.80. The number of aliphatic hydroxyl groups is 3. The van der Waals surface area contributed by atoms with E-state index in [1.807, 2.05) is 0 Å². The van der Waals surface area contributed by atoms with E-state index in [-0.39, 0.29) is 13.0 Å². The van der Waals surface area contributed by atoms with E-state index in [0.717, 1.165) is 0 Å². The van der Waals surface area contributed by atoms with Crippen molar-refractivity contribution in [2.45, 2.75) is 11.9 Å². The monoisotopic (exact) mass is 240 g/mol. The molecule has 0 aliphatic carbocycles. The molecule has 0 saturated carbocycles. The van der Waals surface area contributed by atoms with E-state index in [4.69, 9.17) is 25.2 Å². The molecule has 15 heavy (non-hydrogen) atoms. The van der Waals surface area contributed by atoms with Crippen molar-refractivity contribution in [3.63, 3.8) is 0 Å². The van der Waals surface area contributed by atoms with Crippen molar-refractivity contribution in [1.29, 1.82) is 0 Å². The Morgan fingerprint density at radius 3 is 2.07 bits per heavy atom. The van der Waals surface area contributed by atoms with Gasteiger partial charge >= 0.3 is 5.97 Å². The van der Waals surface area contributed by atoms with Crippen LogP contribution in [0.2, 0.25) is 0 Å².